The van der Waals surface area contributed by atoms with Gasteiger partial charge < -0.3 is 29.0 Å². The second kappa shape index (κ2) is 12.6. The lowest BCUT2D eigenvalue weighted by Crippen LogP contribution is -2.57. The number of rotatable bonds is 10. The molecule has 12 nitrogen and oxygen atoms in total. The molecule has 1 aromatic carbocycles. The summed E-state index contributed by atoms with van der Waals surface area (Å²) in [5.74, 6) is 2.95. The number of nitrogens with one attached hydrogen (secondary N) is 1. The smallest absolute Gasteiger partial charge is 0.260 e. The van der Waals surface area contributed by atoms with Crippen molar-refractivity contribution < 1.29 is 23.5 Å². The zero-order valence-electron chi connectivity index (χ0n) is 23.0. The van der Waals surface area contributed by atoms with Gasteiger partial charge in [0.05, 0.1) is 12.3 Å². The first-order valence-corrected chi connectivity index (χ1v) is 13.8. The summed E-state index contributed by atoms with van der Waals surface area (Å²) >= 11 is 0. The van der Waals surface area contributed by atoms with Gasteiger partial charge in [-0.05, 0) is 36.3 Å². The Kier molecular flexibility index (Phi) is 8.11. The summed E-state index contributed by atoms with van der Waals surface area (Å²) in [6, 6.07) is 12.5. The molecule has 0 saturated carbocycles. The Balaban J connectivity index is 1.11. The van der Waals surface area contributed by atoms with Crippen LogP contribution in [0.3, 0.4) is 0 Å². The zero-order chi connectivity index (χ0) is 28.7. The molecule has 2 aliphatic heterocycles. The minimum absolute atomic E-state index is 0.108. The maximum Gasteiger partial charge on any atom is 0.260 e. The number of aromatic nitrogens is 4. The van der Waals surface area contributed by atoms with E-state index in [0.29, 0.717) is 62.5 Å². The average molecular weight is 570 g/mol. The van der Waals surface area contributed by atoms with E-state index in [1.165, 1.54) is 0 Å². The number of ether oxygens (including phenoxy) is 2. The van der Waals surface area contributed by atoms with Crippen molar-refractivity contribution >= 4 is 23.7 Å². The second-order valence-electron chi connectivity index (χ2n) is 10.0. The number of carbonyl (C=O) groups excluding carboxylic acids is 2. The number of imidazole rings is 1. The Morgan fingerprint density at radius 2 is 2.00 bits per heavy atom. The number of furan rings is 1. The molecule has 2 aliphatic rings. The molecule has 4 aromatic rings. The molecule has 42 heavy (non-hydrogen) atoms. The fourth-order valence-corrected chi connectivity index (χ4v) is 5.05. The highest BCUT2D eigenvalue weighted by Crippen LogP contribution is 2.28. The molecule has 1 unspecified atom stereocenters. The maximum absolute atomic E-state index is 13.3. The molecule has 5 heterocycles. The van der Waals surface area contributed by atoms with E-state index in [-0.39, 0.29) is 30.9 Å². The Labute approximate surface area is 242 Å². The van der Waals surface area contributed by atoms with E-state index in [4.69, 9.17) is 18.9 Å². The van der Waals surface area contributed by atoms with Gasteiger partial charge in [0.1, 0.15) is 24.5 Å². The monoisotopic (exact) mass is 569 g/mol. The number of benzene rings is 1. The summed E-state index contributed by atoms with van der Waals surface area (Å²) in [4.78, 5) is 43.3. The van der Waals surface area contributed by atoms with Gasteiger partial charge in [-0.2, -0.15) is 4.98 Å². The van der Waals surface area contributed by atoms with E-state index < -0.39 is 0 Å². The Hall–Kier alpha value is -5.13. The molecule has 0 bridgehead atoms. The summed E-state index contributed by atoms with van der Waals surface area (Å²) < 4.78 is 18.6. The van der Waals surface area contributed by atoms with Crippen molar-refractivity contribution in [2.75, 3.05) is 44.3 Å². The molecule has 0 radical (unpaired) electrons. The van der Waals surface area contributed by atoms with Crippen LogP contribution < -0.4 is 19.7 Å². The lowest BCUT2D eigenvalue weighted by molar-refractivity contribution is -0.137. The van der Waals surface area contributed by atoms with E-state index in [9.17, 15) is 9.59 Å². The summed E-state index contributed by atoms with van der Waals surface area (Å²) in [5.41, 5.74) is 1.04. The number of fused-ring (bicyclic) bond motifs is 1. The summed E-state index contributed by atoms with van der Waals surface area (Å²) in [6.07, 6.45) is 11.1. The Bertz CT molecular complexity index is 1540. The molecule has 216 valence electrons. The number of piperazine rings is 1. The van der Waals surface area contributed by atoms with Gasteiger partial charge in [0, 0.05) is 57.3 Å². The van der Waals surface area contributed by atoms with Crippen LogP contribution in [0.25, 0.3) is 12.0 Å². The highest BCUT2D eigenvalue weighted by atomic mass is 16.5. The van der Waals surface area contributed by atoms with Crippen molar-refractivity contribution in [2.45, 2.75) is 18.9 Å². The molecule has 3 aromatic heterocycles. The van der Waals surface area contributed by atoms with Crippen molar-refractivity contribution in [1.82, 2.24) is 29.7 Å². The van der Waals surface area contributed by atoms with Gasteiger partial charge in [-0.15, -0.1) is 0 Å². The summed E-state index contributed by atoms with van der Waals surface area (Å²) in [7, 11) is 0. The second-order valence-corrected chi connectivity index (χ2v) is 10.0. The van der Waals surface area contributed by atoms with Crippen LogP contribution in [-0.4, -0.2) is 81.7 Å². The van der Waals surface area contributed by atoms with Gasteiger partial charge in [-0.3, -0.25) is 14.2 Å². The van der Waals surface area contributed by atoms with Crippen LogP contribution >= 0.6 is 0 Å². The van der Waals surface area contributed by atoms with E-state index in [1.807, 2.05) is 42.5 Å². The molecular formula is C30H31N7O5. The fraction of sp³-hybridized carbons (Fsp3) is 0.300. The third-order valence-corrected chi connectivity index (χ3v) is 7.19. The van der Waals surface area contributed by atoms with Crippen molar-refractivity contribution in [2.24, 2.45) is 0 Å². The predicted molar refractivity (Wildman–Crippen MR) is 153 cm³/mol. The first kappa shape index (κ1) is 27.1. The molecule has 2 amide bonds. The van der Waals surface area contributed by atoms with Crippen molar-refractivity contribution in [1.29, 1.82) is 0 Å². The molecule has 6 rings (SSSR count). The van der Waals surface area contributed by atoms with Gasteiger partial charge in [-0.25, -0.2) is 9.97 Å². The minimum atomic E-state index is -0.375. The first-order chi connectivity index (χ1) is 20.6. The molecule has 1 fully saturated rings. The number of amides is 2. The molecule has 0 spiro atoms. The van der Waals surface area contributed by atoms with E-state index in [0.717, 1.165) is 11.3 Å². The first-order valence-electron chi connectivity index (χ1n) is 13.8. The highest BCUT2D eigenvalue weighted by molar-refractivity contribution is 5.81. The molecule has 0 aliphatic carbocycles. The van der Waals surface area contributed by atoms with E-state index in [1.54, 1.807) is 46.7 Å². The third-order valence-electron chi connectivity index (χ3n) is 7.19. The van der Waals surface area contributed by atoms with Crippen LogP contribution in [0.4, 0.5) is 5.82 Å². The quantitative estimate of drug-likeness (QED) is 0.307. The van der Waals surface area contributed by atoms with E-state index >= 15 is 0 Å². The largest absolute Gasteiger partial charge is 0.485 e. The van der Waals surface area contributed by atoms with Crippen LogP contribution in [0.15, 0.2) is 83.6 Å². The van der Waals surface area contributed by atoms with Crippen molar-refractivity contribution in [3.63, 3.8) is 0 Å². The summed E-state index contributed by atoms with van der Waals surface area (Å²) in [5, 5.41) is 3.01. The average Bonchev–Trinajstić information content (AvgIpc) is 3.73. The van der Waals surface area contributed by atoms with Crippen LogP contribution in [0.5, 0.6) is 11.5 Å². The maximum atomic E-state index is 13.3. The fourth-order valence-electron chi connectivity index (χ4n) is 5.05. The number of anilines is 1. The number of carbonyl (C=O) groups is 2. The SMILES string of the molecule is O=C(CC1CN(c2ccnc(-n3ccnc3)n2)CCN1C(=O)COc1ccccc1)NCCC1=Cc2occc2OC1. The van der Waals surface area contributed by atoms with Crippen LogP contribution in [0.1, 0.15) is 18.6 Å². The van der Waals surface area contributed by atoms with Gasteiger partial charge in [-0.1, -0.05) is 18.2 Å². The summed E-state index contributed by atoms with van der Waals surface area (Å²) in [6.45, 7) is 2.22. The predicted octanol–water partition coefficient (Wildman–Crippen LogP) is 2.72. The highest BCUT2D eigenvalue weighted by Gasteiger charge is 2.33. The van der Waals surface area contributed by atoms with Crippen molar-refractivity contribution in [3.05, 3.63) is 85.0 Å². The molecule has 1 saturated heterocycles. The van der Waals surface area contributed by atoms with Crippen LogP contribution in [0.2, 0.25) is 0 Å². The van der Waals surface area contributed by atoms with E-state index in [2.05, 4.69) is 20.2 Å². The van der Waals surface area contributed by atoms with Gasteiger partial charge >= 0.3 is 0 Å². The number of nitrogens with zero attached hydrogens (tertiary/aromatic N) is 6. The molecule has 12 heteroatoms. The number of hydrogen-bond acceptors (Lipinski definition) is 9. The van der Waals surface area contributed by atoms with Crippen LogP contribution in [0, 0.1) is 0 Å². The third kappa shape index (κ3) is 6.43. The Morgan fingerprint density at radius 3 is 2.86 bits per heavy atom. The minimum Gasteiger partial charge on any atom is -0.485 e. The van der Waals surface area contributed by atoms with Gasteiger partial charge in [0.15, 0.2) is 18.1 Å². The van der Waals surface area contributed by atoms with Gasteiger partial charge in [0.2, 0.25) is 11.9 Å². The number of para-hydroxylation sites is 1. The Morgan fingerprint density at radius 1 is 1.10 bits per heavy atom. The molecule has 1 N–H and O–H groups in total. The molecular weight excluding hydrogens is 538 g/mol. The number of hydrogen-bond donors (Lipinski definition) is 1. The standard InChI is InChI=1S/C30H31N7O5/c38-28(32-9-6-22-16-26-25(42-19-22)8-15-40-26)17-23-18-35(27-7-10-33-30(34-27)36-12-11-31-21-36)13-14-37(23)29(39)20-41-24-4-2-1-3-5-24/h1-5,7-8,10-12,15-16,21,23H,6,9,13-14,17-20H2,(H,32,38). The van der Waals surface area contributed by atoms with Crippen LogP contribution in [-0.2, 0) is 9.59 Å². The lowest BCUT2D eigenvalue weighted by Gasteiger charge is -2.41. The molecule has 1 atom stereocenters. The van der Waals surface area contributed by atoms with Gasteiger partial charge in [0.25, 0.3) is 5.91 Å². The normalized spacial score (nSPS) is 16.3. The lowest BCUT2D eigenvalue weighted by atomic mass is 10.1. The zero-order valence-corrected chi connectivity index (χ0v) is 23.0. The van der Waals surface area contributed by atoms with Crippen molar-refractivity contribution in [3.8, 4) is 17.4 Å². The topological polar surface area (TPSA) is 128 Å².